The number of aromatic hydroxyl groups is 1. The van der Waals surface area contributed by atoms with E-state index >= 15 is 8.78 Å². The molecule has 0 radical (unpaired) electrons. The van der Waals surface area contributed by atoms with Crippen molar-refractivity contribution in [3.05, 3.63) is 41.5 Å². The first kappa shape index (κ1) is 36.5. The van der Waals surface area contributed by atoms with Gasteiger partial charge in [-0.05, 0) is 75.2 Å². The lowest BCUT2D eigenvalue weighted by Crippen LogP contribution is -2.59. The topological polar surface area (TPSA) is 128 Å². The molecule has 3 aliphatic heterocycles. The average Bonchev–Trinajstić information content (AvgIpc) is 3.89. The summed E-state index contributed by atoms with van der Waals surface area (Å²) in [6, 6.07) is 5.69. The Morgan fingerprint density at radius 2 is 1.76 bits per heavy atom. The average molecular weight is 762 g/mol. The van der Waals surface area contributed by atoms with Crippen molar-refractivity contribution in [1.82, 2.24) is 24.8 Å². The van der Waals surface area contributed by atoms with Gasteiger partial charge in [0.1, 0.15) is 34.0 Å². The van der Waals surface area contributed by atoms with Crippen LogP contribution in [0.4, 0.5) is 27.8 Å². The molecule has 286 valence electrons. The van der Waals surface area contributed by atoms with Crippen molar-refractivity contribution < 1.29 is 41.3 Å². The van der Waals surface area contributed by atoms with Crippen LogP contribution in [0.15, 0.2) is 24.3 Å². The van der Waals surface area contributed by atoms with Gasteiger partial charge in [0.2, 0.25) is 5.88 Å². The number of benzene rings is 2. The minimum Gasteiger partial charge on any atom is -0.508 e. The second kappa shape index (κ2) is 13.7. The van der Waals surface area contributed by atoms with E-state index in [9.17, 15) is 28.3 Å². The normalized spacial score (nSPS) is 21.1. The maximum Gasteiger partial charge on any atom is 0.471 e. The quantitative estimate of drug-likeness (QED) is 0.170. The fraction of sp³-hybridized carbons (Fsp3) is 0.462. The number of amides is 1. The third-order valence-corrected chi connectivity index (χ3v) is 11.4. The highest BCUT2D eigenvalue weighted by Gasteiger charge is 2.52. The van der Waals surface area contributed by atoms with E-state index in [0.717, 1.165) is 56.3 Å². The molecular formula is C39H36F5N7O4. The molecule has 2 unspecified atom stereocenters. The third-order valence-electron chi connectivity index (χ3n) is 11.4. The summed E-state index contributed by atoms with van der Waals surface area (Å²) in [6.45, 7) is 2.43. The number of nitriles is 1. The summed E-state index contributed by atoms with van der Waals surface area (Å²) in [5.74, 6) is -1.59. The zero-order valence-electron chi connectivity index (χ0n) is 29.8. The summed E-state index contributed by atoms with van der Waals surface area (Å²) in [5, 5.41) is 20.4. The number of carbonyl (C=O) groups is 1. The number of likely N-dealkylation sites (tertiary alicyclic amines) is 1. The van der Waals surface area contributed by atoms with E-state index in [0.29, 0.717) is 18.2 Å². The first-order chi connectivity index (χ1) is 26.3. The molecule has 2 atom stereocenters. The predicted molar refractivity (Wildman–Crippen MR) is 190 cm³/mol. The SMILES string of the molecule is C#Cc1c(F)ccc2cc(O)cc(-c3nc(OC)c4c(N5CC6CCC(C5)N6C(=O)C(F)(F)F)nc(OCC5(CN6CCC(C#N)CC6)CC5)nc4c3F)c12. The number of aromatic nitrogens is 3. The van der Waals surface area contributed by atoms with Crippen LogP contribution in [0.25, 0.3) is 32.9 Å². The first-order valence-electron chi connectivity index (χ1n) is 18.1. The number of ether oxygens (including phenoxy) is 2. The van der Waals surface area contributed by atoms with Gasteiger partial charge in [0.15, 0.2) is 5.82 Å². The Morgan fingerprint density at radius 1 is 1.05 bits per heavy atom. The van der Waals surface area contributed by atoms with Crippen molar-refractivity contribution in [2.24, 2.45) is 11.3 Å². The number of phenolic OH excluding ortho intramolecular Hbond substituents is 1. The fourth-order valence-electron chi connectivity index (χ4n) is 8.47. The smallest absolute Gasteiger partial charge is 0.471 e. The number of hydrogen-bond acceptors (Lipinski definition) is 10. The molecule has 1 N–H and O–H groups in total. The van der Waals surface area contributed by atoms with Gasteiger partial charge in [-0.15, -0.1) is 6.42 Å². The number of pyridine rings is 1. The summed E-state index contributed by atoms with van der Waals surface area (Å²) in [5.41, 5.74) is -1.06. The second-order valence-corrected chi connectivity index (χ2v) is 15.0. The lowest BCUT2D eigenvalue weighted by atomic mass is 9.95. The zero-order chi connectivity index (χ0) is 38.8. The summed E-state index contributed by atoms with van der Waals surface area (Å²) in [6.07, 6.45) is 4.64. The number of terminal acetylenes is 1. The first-order valence-corrected chi connectivity index (χ1v) is 18.1. The molecule has 4 fully saturated rings. The van der Waals surface area contributed by atoms with Crippen LogP contribution in [0.5, 0.6) is 17.6 Å². The summed E-state index contributed by atoms with van der Waals surface area (Å²) >= 11 is 0. The Kier molecular flexibility index (Phi) is 9.07. The molecule has 11 nitrogen and oxygen atoms in total. The molecule has 1 aliphatic carbocycles. The Labute approximate surface area is 312 Å². The van der Waals surface area contributed by atoms with Crippen molar-refractivity contribution in [2.75, 3.05) is 51.3 Å². The van der Waals surface area contributed by atoms with Crippen LogP contribution >= 0.6 is 0 Å². The zero-order valence-corrected chi connectivity index (χ0v) is 29.8. The number of alkyl halides is 3. The number of phenols is 1. The number of piperidine rings is 1. The number of carbonyl (C=O) groups excluding carboxylic acids is 1. The molecular weight excluding hydrogens is 725 g/mol. The summed E-state index contributed by atoms with van der Waals surface area (Å²) < 4.78 is 85.0. The number of halogens is 5. The van der Waals surface area contributed by atoms with Crippen molar-refractivity contribution in [2.45, 2.75) is 56.8 Å². The Morgan fingerprint density at radius 3 is 2.38 bits per heavy atom. The van der Waals surface area contributed by atoms with Crippen molar-refractivity contribution in [1.29, 1.82) is 5.26 Å². The van der Waals surface area contributed by atoms with Crippen LogP contribution in [0.3, 0.4) is 0 Å². The molecule has 8 rings (SSSR count). The van der Waals surface area contributed by atoms with E-state index < -0.39 is 35.8 Å². The summed E-state index contributed by atoms with van der Waals surface area (Å²) in [4.78, 5) is 31.0. The maximum atomic E-state index is 17.2. The minimum atomic E-state index is -5.04. The van der Waals surface area contributed by atoms with Crippen molar-refractivity contribution in [3.8, 4) is 47.3 Å². The molecule has 4 aliphatic rings. The highest BCUT2D eigenvalue weighted by Crippen LogP contribution is 2.48. The molecule has 55 heavy (non-hydrogen) atoms. The molecule has 2 aromatic heterocycles. The van der Waals surface area contributed by atoms with Crippen LogP contribution in [0.1, 0.15) is 44.1 Å². The van der Waals surface area contributed by atoms with Gasteiger partial charge in [0, 0.05) is 41.9 Å². The third kappa shape index (κ3) is 6.56. The van der Waals surface area contributed by atoms with E-state index in [-0.39, 0.29) is 87.6 Å². The maximum absolute atomic E-state index is 17.2. The van der Waals surface area contributed by atoms with Gasteiger partial charge in [0.25, 0.3) is 0 Å². The lowest BCUT2D eigenvalue weighted by Gasteiger charge is -2.42. The lowest BCUT2D eigenvalue weighted by molar-refractivity contribution is -0.188. The molecule has 1 saturated carbocycles. The molecule has 16 heteroatoms. The Bertz CT molecular complexity index is 2280. The predicted octanol–water partition coefficient (Wildman–Crippen LogP) is 5.96. The second-order valence-electron chi connectivity index (χ2n) is 15.0. The molecule has 5 heterocycles. The number of nitrogens with zero attached hydrogens (tertiary/aromatic N) is 7. The largest absolute Gasteiger partial charge is 0.508 e. The van der Waals surface area contributed by atoms with Gasteiger partial charge in [-0.1, -0.05) is 12.0 Å². The van der Waals surface area contributed by atoms with E-state index in [1.165, 1.54) is 25.3 Å². The van der Waals surface area contributed by atoms with Gasteiger partial charge in [-0.3, -0.25) is 4.79 Å². The number of rotatable bonds is 8. The fourth-order valence-corrected chi connectivity index (χ4v) is 8.47. The highest BCUT2D eigenvalue weighted by atomic mass is 19.4. The van der Waals surface area contributed by atoms with Crippen LogP contribution in [-0.4, -0.2) is 100 Å². The van der Waals surface area contributed by atoms with Gasteiger partial charge in [0.05, 0.1) is 37.4 Å². The van der Waals surface area contributed by atoms with E-state index in [2.05, 4.69) is 26.9 Å². The van der Waals surface area contributed by atoms with Gasteiger partial charge < -0.3 is 29.3 Å². The number of piperazine rings is 1. The number of hydrogen-bond donors (Lipinski definition) is 1. The highest BCUT2D eigenvalue weighted by molar-refractivity contribution is 6.04. The molecule has 2 aromatic carbocycles. The van der Waals surface area contributed by atoms with Crippen molar-refractivity contribution in [3.63, 3.8) is 0 Å². The van der Waals surface area contributed by atoms with E-state index in [1.807, 2.05) is 0 Å². The van der Waals surface area contributed by atoms with E-state index in [4.69, 9.17) is 20.9 Å². The molecule has 3 saturated heterocycles. The molecule has 4 aromatic rings. The summed E-state index contributed by atoms with van der Waals surface area (Å²) in [7, 11) is 1.30. The van der Waals surface area contributed by atoms with Crippen LogP contribution in [0, 0.1) is 46.6 Å². The van der Waals surface area contributed by atoms with E-state index in [1.54, 1.807) is 4.90 Å². The van der Waals surface area contributed by atoms with Gasteiger partial charge in [-0.25, -0.2) is 13.8 Å². The van der Waals surface area contributed by atoms with Crippen molar-refractivity contribution >= 4 is 33.4 Å². The Balaban J connectivity index is 1.23. The number of fused-ring (bicyclic) bond motifs is 4. The number of anilines is 1. The molecule has 2 bridgehead atoms. The minimum absolute atomic E-state index is 0.0143. The monoisotopic (exact) mass is 761 g/mol. The van der Waals surface area contributed by atoms with Crippen LogP contribution in [-0.2, 0) is 4.79 Å². The van der Waals surface area contributed by atoms with Gasteiger partial charge in [-0.2, -0.15) is 28.4 Å². The molecule has 1 amide bonds. The van der Waals surface area contributed by atoms with Gasteiger partial charge >= 0.3 is 18.1 Å². The molecule has 0 spiro atoms. The Hall–Kier alpha value is -5.48. The standard InChI is InChI=1S/C39H36F5N7O4/c1-3-26-28(40)7-4-22-14-25(52)15-27(29(22)26)32-31(41)33-30(35(46-32)54-2)34(50-17-23-5-6-24(18-50)51(23)36(53)39(42,43)44)48-37(47-33)55-20-38(10-11-38)19-49-12-8-21(16-45)9-13-49/h1,4,7,14-15,21,23-24,52H,5-6,8-13,17-20H2,2H3. The number of methoxy groups -OCH3 is 1. The van der Waals surface area contributed by atoms with Crippen LogP contribution < -0.4 is 14.4 Å². The van der Waals surface area contributed by atoms with Crippen LogP contribution in [0.2, 0.25) is 0 Å².